The van der Waals surface area contributed by atoms with Crippen LogP contribution in [-0.2, 0) is 6.54 Å². The molecule has 0 bridgehead atoms. The first kappa shape index (κ1) is 19.1. The van der Waals surface area contributed by atoms with Crippen LogP contribution in [0.4, 0.5) is 5.69 Å². The summed E-state index contributed by atoms with van der Waals surface area (Å²) in [6.45, 7) is 4.46. The summed E-state index contributed by atoms with van der Waals surface area (Å²) in [5.74, 6) is 0.649. The van der Waals surface area contributed by atoms with Crippen LogP contribution in [0.25, 0.3) is 0 Å². The Bertz CT molecular complexity index is 833. The molecular weight excluding hydrogens is 356 g/mol. The van der Waals surface area contributed by atoms with Gasteiger partial charge in [-0.1, -0.05) is 6.08 Å². The fourth-order valence-electron chi connectivity index (χ4n) is 2.08. The molecule has 0 amide bonds. The van der Waals surface area contributed by atoms with Gasteiger partial charge in [-0.25, -0.2) is 0 Å². The summed E-state index contributed by atoms with van der Waals surface area (Å²) < 4.78 is 6.81. The Balaban J connectivity index is 2.10. The third-order valence-electron chi connectivity index (χ3n) is 3.25. The van der Waals surface area contributed by atoms with Crippen molar-refractivity contribution < 1.29 is 9.66 Å². The SMILES string of the molecule is C=CCNC(=S)N/N=C/c1ccc(OC)c(Cn2cc([N+](=O)[O-])cn2)c1. The summed E-state index contributed by atoms with van der Waals surface area (Å²) in [4.78, 5) is 10.3. The van der Waals surface area contributed by atoms with E-state index in [4.69, 9.17) is 17.0 Å². The average molecular weight is 374 g/mol. The first-order valence-corrected chi connectivity index (χ1v) is 7.96. The maximum atomic E-state index is 10.8. The number of nitrogens with zero attached hydrogens (tertiary/aromatic N) is 4. The van der Waals surface area contributed by atoms with Gasteiger partial charge in [0.1, 0.15) is 18.1 Å². The molecule has 0 saturated carbocycles. The highest BCUT2D eigenvalue weighted by Crippen LogP contribution is 2.21. The fraction of sp³-hybridized carbons (Fsp3) is 0.188. The highest BCUT2D eigenvalue weighted by atomic mass is 32.1. The molecule has 0 saturated heterocycles. The van der Waals surface area contributed by atoms with Crippen LogP contribution in [0.3, 0.4) is 0 Å². The number of aromatic nitrogens is 2. The van der Waals surface area contributed by atoms with Gasteiger partial charge < -0.3 is 10.1 Å². The van der Waals surface area contributed by atoms with E-state index in [0.717, 1.165) is 11.1 Å². The molecule has 0 unspecified atom stereocenters. The lowest BCUT2D eigenvalue weighted by molar-refractivity contribution is -0.385. The Morgan fingerprint density at radius 2 is 2.38 bits per heavy atom. The molecule has 2 rings (SSSR count). The molecule has 1 heterocycles. The minimum absolute atomic E-state index is 0.0635. The summed E-state index contributed by atoms with van der Waals surface area (Å²) in [6, 6.07) is 5.49. The van der Waals surface area contributed by atoms with Gasteiger partial charge in [-0.2, -0.15) is 10.2 Å². The predicted octanol–water partition coefficient (Wildman–Crippen LogP) is 1.83. The normalized spacial score (nSPS) is 10.5. The molecule has 26 heavy (non-hydrogen) atoms. The van der Waals surface area contributed by atoms with E-state index in [1.54, 1.807) is 25.5 Å². The second-order valence-corrected chi connectivity index (χ2v) is 5.50. The summed E-state index contributed by atoms with van der Waals surface area (Å²) in [5.41, 5.74) is 4.25. The van der Waals surface area contributed by atoms with E-state index in [9.17, 15) is 10.1 Å². The molecular formula is C16H18N6O3S. The first-order valence-electron chi connectivity index (χ1n) is 7.55. The number of hydrogen-bond donors (Lipinski definition) is 2. The number of nitro groups is 1. The Morgan fingerprint density at radius 3 is 3.04 bits per heavy atom. The second-order valence-electron chi connectivity index (χ2n) is 5.09. The van der Waals surface area contributed by atoms with E-state index < -0.39 is 4.92 Å². The van der Waals surface area contributed by atoms with Crippen molar-refractivity contribution in [1.82, 2.24) is 20.5 Å². The van der Waals surface area contributed by atoms with E-state index in [1.165, 1.54) is 17.1 Å². The molecule has 2 N–H and O–H groups in total. The van der Waals surface area contributed by atoms with Gasteiger partial charge in [0, 0.05) is 12.1 Å². The van der Waals surface area contributed by atoms with Crippen molar-refractivity contribution >= 4 is 29.2 Å². The highest BCUT2D eigenvalue weighted by Gasteiger charge is 2.11. The summed E-state index contributed by atoms with van der Waals surface area (Å²) in [5, 5.41) is 22.1. The van der Waals surface area contributed by atoms with Crippen molar-refractivity contribution in [1.29, 1.82) is 0 Å². The predicted molar refractivity (Wildman–Crippen MR) is 103 cm³/mol. The molecule has 136 valence electrons. The van der Waals surface area contributed by atoms with Crippen LogP contribution < -0.4 is 15.5 Å². The molecule has 1 aromatic carbocycles. The van der Waals surface area contributed by atoms with Crippen molar-refractivity contribution in [2.75, 3.05) is 13.7 Å². The lowest BCUT2D eigenvalue weighted by Crippen LogP contribution is -2.31. The van der Waals surface area contributed by atoms with Gasteiger partial charge in [0.15, 0.2) is 5.11 Å². The summed E-state index contributed by atoms with van der Waals surface area (Å²) in [6.07, 6.45) is 5.87. The number of hydrazone groups is 1. The van der Waals surface area contributed by atoms with Crippen molar-refractivity contribution in [3.05, 3.63) is 64.5 Å². The Morgan fingerprint density at radius 1 is 1.58 bits per heavy atom. The van der Waals surface area contributed by atoms with Crippen LogP contribution in [0.1, 0.15) is 11.1 Å². The number of methoxy groups -OCH3 is 1. The van der Waals surface area contributed by atoms with E-state index in [1.807, 2.05) is 12.1 Å². The van der Waals surface area contributed by atoms with Gasteiger partial charge in [0.05, 0.1) is 24.8 Å². The summed E-state index contributed by atoms with van der Waals surface area (Å²) in [7, 11) is 1.56. The molecule has 1 aromatic heterocycles. The van der Waals surface area contributed by atoms with Gasteiger partial charge in [0.25, 0.3) is 0 Å². The smallest absolute Gasteiger partial charge is 0.307 e. The minimum Gasteiger partial charge on any atom is -0.496 e. The van der Waals surface area contributed by atoms with Gasteiger partial charge in [-0.05, 0) is 36.0 Å². The van der Waals surface area contributed by atoms with Gasteiger partial charge >= 0.3 is 5.69 Å². The van der Waals surface area contributed by atoms with Crippen LogP contribution in [0.15, 0.2) is 48.3 Å². The summed E-state index contributed by atoms with van der Waals surface area (Å²) >= 11 is 5.04. The van der Waals surface area contributed by atoms with Gasteiger partial charge in [0.2, 0.25) is 0 Å². The standard InChI is InChI=1S/C16H18N6O3S/c1-3-6-17-16(26)20-18-8-12-4-5-15(25-2)13(7-12)10-21-11-14(9-19-21)22(23)24/h3-5,7-9,11H,1,6,10H2,2H3,(H2,17,20,26)/b18-8+. The topological polar surface area (TPSA) is 107 Å². The quantitative estimate of drug-likeness (QED) is 0.239. The fourth-order valence-corrected chi connectivity index (χ4v) is 2.22. The highest BCUT2D eigenvalue weighted by molar-refractivity contribution is 7.80. The molecule has 0 spiro atoms. The molecule has 0 atom stereocenters. The number of rotatable bonds is 8. The minimum atomic E-state index is -0.487. The van der Waals surface area contributed by atoms with Gasteiger partial charge in [-0.3, -0.25) is 20.2 Å². The number of thiocarbonyl (C=S) groups is 1. The zero-order chi connectivity index (χ0) is 18.9. The molecule has 10 heteroatoms. The van der Waals surface area contributed by atoms with Gasteiger partial charge in [-0.15, -0.1) is 6.58 Å². The Labute approximate surface area is 155 Å². The van der Waals surface area contributed by atoms with Crippen molar-refractivity contribution in [3.8, 4) is 5.75 Å². The zero-order valence-corrected chi connectivity index (χ0v) is 14.9. The van der Waals surface area contributed by atoms with E-state index in [2.05, 4.69) is 27.5 Å². The molecule has 2 aromatic rings. The van der Waals surface area contributed by atoms with E-state index in [0.29, 0.717) is 24.0 Å². The average Bonchev–Trinajstić information content (AvgIpc) is 3.09. The third kappa shape index (κ3) is 5.38. The van der Waals surface area contributed by atoms with Crippen molar-refractivity contribution in [3.63, 3.8) is 0 Å². The molecule has 0 aliphatic carbocycles. The van der Waals surface area contributed by atoms with Crippen LogP contribution in [0, 0.1) is 10.1 Å². The van der Waals surface area contributed by atoms with Crippen LogP contribution >= 0.6 is 12.2 Å². The van der Waals surface area contributed by atoms with E-state index in [-0.39, 0.29) is 5.69 Å². The molecule has 0 fully saturated rings. The first-order chi connectivity index (χ1) is 12.5. The van der Waals surface area contributed by atoms with Crippen molar-refractivity contribution in [2.24, 2.45) is 5.10 Å². The van der Waals surface area contributed by atoms with E-state index >= 15 is 0 Å². The van der Waals surface area contributed by atoms with Crippen LogP contribution in [0.2, 0.25) is 0 Å². The van der Waals surface area contributed by atoms with Crippen LogP contribution in [0.5, 0.6) is 5.75 Å². The maximum absolute atomic E-state index is 10.8. The lowest BCUT2D eigenvalue weighted by Gasteiger charge is -2.09. The molecule has 0 aliphatic rings. The van der Waals surface area contributed by atoms with Crippen LogP contribution in [-0.4, -0.2) is 39.7 Å². The molecule has 9 nitrogen and oxygen atoms in total. The largest absolute Gasteiger partial charge is 0.496 e. The Hall–Kier alpha value is -3.27. The number of hydrogen-bond acceptors (Lipinski definition) is 6. The molecule has 0 aliphatic heterocycles. The second kappa shape index (κ2) is 9.28. The number of nitrogens with one attached hydrogen (secondary N) is 2. The Kier molecular flexibility index (Phi) is 6.80. The number of benzene rings is 1. The zero-order valence-electron chi connectivity index (χ0n) is 14.1. The monoisotopic (exact) mass is 374 g/mol. The third-order valence-corrected chi connectivity index (χ3v) is 3.49. The maximum Gasteiger partial charge on any atom is 0.307 e. The number of ether oxygens (including phenoxy) is 1. The van der Waals surface area contributed by atoms with Crippen molar-refractivity contribution in [2.45, 2.75) is 6.54 Å². The lowest BCUT2D eigenvalue weighted by atomic mass is 10.1. The molecule has 0 radical (unpaired) electrons.